The Balaban J connectivity index is 1.46. The van der Waals surface area contributed by atoms with Crippen LogP contribution in [0.2, 0.25) is 0 Å². The second-order valence-electron chi connectivity index (χ2n) is 6.51. The van der Waals surface area contributed by atoms with Gasteiger partial charge in [0.1, 0.15) is 0 Å². The number of benzene rings is 2. The maximum atomic E-state index is 12.4. The molecular formula is C21H26N2O2. The Morgan fingerprint density at radius 3 is 2.32 bits per heavy atom. The van der Waals surface area contributed by atoms with Crippen molar-refractivity contribution >= 4 is 5.91 Å². The number of amides is 1. The number of carbonyl (C=O) groups excluding carboxylic acids is 1. The molecular weight excluding hydrogens is 312 g/mol. The fraction of sp³-hybridized carbons (Fsp3) is 0.381. The van der Waals surface area contributed by atoms with E-state index in [9.17, 15) is 4.79 Å². The molecule has 25 heavy (non-hydrogen) atoms. The molecule has 0 saturated carbocycles. The first-order valence-corrected chi connectivity index (χ1v) is 9.04. The number of rotatable bonds is 8. The van der Waals surface area contributed by atoms with E-state index in [0.717, 1.165) is 31.4 Å². The van der Waals surface area contributed by atoms with Crippen molar-refractivity contribution in [1.82, 2.24) is 10.6 Å². The number of aryl methyl sites for hydroxylation is 1. The van der Waals surface area contributed by atoms with Crippen molar-refractivity contribution in [3.05, 3.63) is 71.8 Å². The van der Waals surface area contributed by atoms with Crippen molar-refractivity contribution in [2.24, 2.45) is 0 Å². The molecule has 132 valence electrons. The molecule has 2 aromatic carbocycles. The molecule has 2 aromatic rings. The summed E-state index contributed by atoms with van der Waals surface area (Å²) in [4.78, 5) is 12.4. The maximum absolute atomic E-state index is 12.4. The summed E-state index contributed by atoms with van der Waals surface area (Å²) in [7, 11) is 0. The highest BCUT2D eigenvalue weighted by molar-refractivity contribution is 5.76. The van der Waals surface area contributed by atoms with Crippen LogP contribution in [-0.2, 0) is 22.4 Å². The Hall–Kier alpha value is -2.17. The molecule has 0 aliphatic carbocycles. The highest BCUT2D eigenvalue weighted by Crippen LogP contribution is 2.17. The van der Waals surface area contributed by atoms with Crippen molar-refractivity contribution in [2.45, 2.75) is 38.0 Å². The van der Waals surface area contributed by atoms with Gasteiger partial charge >= 0.3 is 0 Å². The molecule has 0 spiro atoms. The van der Waals surface area contributed by atoms with E-state index in [1.54, 1.807) is 0 Å². The predicted molar refractivity (Wildman–Crippen MR) is 99.0 cm³/mol. The van der Waals surface area contributed by atoms with E-state index in [4.69, 9.17) is 4.74 Å². The van der Waals surface area contributed by atoms with Gasteiger partial charge in [-0.3, -0.25) is 10.1 Å². The molecule has 1 atom stereocenters. The van der Waals surface area contributed by atoms with Crippen molar-refractivity contribution in [3.63, 3.8) is 0 Å². The zero-order chi connectivity index (χ0) is 17.4. The lowest BCUT2D eigenvalue weighted by Gasteiger charge is -2.30. The molecule has 0 unspecified atom stereocenters. The average Bonchev–Trinajstić information content (AvgIpc) is 3.08. The van der Waals surface area contributed by atoms with Gasteiger partial charge in [0.25, 0.3) is 0 Å². The minimum absolute atomic E-state index is 0.0402. The molecule has 4 nitrogen and oxygen atoms in total. The molecule has 1 saturated heterocycles. The van der Waals surface area contributed by atoms with Gasteiger partial charge in [0.2, 0.25) is 11.8 Å². The van der Waals surface area contributed by atoms with Crippen LogP contribution in [0.3, 0.4) is 0 Å². The van der Waals surface area contributed by atoms with E-state index in [-0.39, 0.29) is 5.91 Å². The molecule has 1 amide bonds. The van der Waals surface area contributed by atoms with E-state index < -0.39 is 5.85 Å². The molecule has 1 heterocycles. The normalized spacial score (nSPS) is 19.7. The van der Waals surface area contributed by atoms with Gasteiger partial charge in [-0.05, 0) is 30.4 Å². The number of unbranched alkanes of at least 4 members (excludes halogenated alkanes) is 1. The van der Waals surface area contributed by atoms with Crippen molar-refractivity contribution in [1.29, 1.82) is 0 Å². The third-order valence-corrected chi connectivity index (χ3v) is 4.46. The van der Waals surface area contributed by atoms with E-state index in [2.05, 4.69) is 47.0 Å². The monoisotopic (exact) mass is 338 g/mol. The summed E-state index contributed by atoms with van der Waals surface area (Å²) in [6.45, 7) is 1.36. The van der Waals surface area contributed by atoms with E-state index in [0.29, 0.717) is 19.4 Å². The lowest BCUT2D eigenvalue weighted by Crippen LogP contribution is -2.58. The van der Waals surface area contributed by atoms with Crippen LogP contribution in [0, 0.1) is 0 Å². The first-order chi connectivity index (χ1) is 12.3. The fourth-order valence-electron chi connectivity index (χ4n) is 3.20. The second-order valence-corrected chi connectivity index (χ2v) is 6.51. The first kappa shape index (κ1) is 17.6. The molecule has 3 rings (SSSR count). The number of nitrogens with one attached hydrogen (secondary N) is 2. The van der Waals surface area contributed by atoms with Crippen LogP contribution in [-0.4, -0.2) is 24.9 Å². The SMILES string of the molecule is O=C(CCCCc1ccccc1)N[C@]1(Cc2ccccc2)NCCO1. The zero-order valence-corrected chi connectivity index (χ0v) is 14.5. The quantitative estimate of drug-likeness (QED) is 0.728. The molecule has 1 fully saturated rings. The van der Waals surface area contributed by atoms with Gasteiger partial charge < -0.3 is 10.1 Å². The molecule has 0 aromatic heterocycles. The minimum Gasteiger partial charge on any atom is -0.341 e. The molecule has 1 aliphatic heterocycles. The highest BCUT2D eigenvalue weighted by atomic mass is 16.5. The Morgan fingerprint density at radius 2 is 1.68 bits per heavy atom. The van der Waals surface area contributed by atoms with Crippen molar-refractivity contribution in [2.75, 3.05) is 13.2 Å². The maximum Gasteiger partial charge on any atom is 0.223 e. The average molecular weight is 338 g/mol. The topological polar surface area (TPSA) is 50.4 Å². The summed E-state index contributed by atoms with van der Waals surface area (Å²) in [6, 6.07) is 20.5. The van der Waals surface area contributed by atoms with Gasteiger partial charge in [0.15, 0.2) is 0 Å². The molecule has 0 bridgehead atoms. The third kappa shape index (κ3) is 5.41. The molecule has 1 aliphatic rings. The van der Waals surface area contributed by atoms with Crippen LogP contribution >= 0.6 is 0 Å². The van der Waals surface area contributed by atoms with Crippen LogP contribution in [0.4, 0.5) is 0 Å². The van der Waals surface area contributed by atoms with Gasteiger partial charge in [-0.2, -0.15) is 0 Å². The minimum atomic E-state index is -0.766. The number of hydrogen-bond acceptors (Lipinski definition) is 3. The van der Waals surface area contributed by atoms with Crippen molar-refractivity contribution < 1.29 is 9.53 Å². The van der Waals surface area contributed by atoms with E-state index in [1.807, 2.05) is 24.3 Å². The number of carbonyl (C=O) groups is 1. The van der Waals surface area contributed by atoms with Crippen LogP contribution in [0.25, 0.3) is 0 Å². The summed E-state index contributed by atoms with van der Waals surface area (Å²) in [5, 5.41) is 6.38. The van der Waals surface area contributed by atoms with Crippen LogP contribution in [0.1, 0.15) is 30.4 Å². The smallest absolute Gasteiger partial charge is 0.223 e. The molecule has 4 heteroatoms. The highest BCUT2D eigenvalue weighted by Gasteiger charge is 2.36. The summed E-state index contributed by atoms with van der Waals surface area (Å²) < 4.78 is 5.85. The van der Waals surface area contributed by atoms with Gasteiger partial charge in [-0.25, -0.2) is 0 Å². The Bertz CT molecular complexity index is 652. The summed E-state index contributed by atoms with van der Waals surface area (Å²) in [6.07, 6.45) is 4.05. The lowest BCUT2D eigenvalue weighted by molar-refractivity contribution is -0.131. The summed E-state index contributed by atoms with van der Waals surface area (Å²) in [5.41, 5.74) is 2.46. The second kappa shape index (κ2) is 8.79. The number of hydrogen-bond donors (Lipinski definition) is 2. The van der Waals surface area contributed by atoms with Gasteiger partial charge in [0.05, 0.1) is 6.61 Å². The first-order valence-electron chi connectivity index (χ1n) is 9.04. The molecule has 2 N–H and O–H groups in total. The Kier molecular flexibility index (Phi) is 6.20. The third-order valence-electron chi connectivity index (χ3n) is 4.46. The standard InChI is InChI=1S/C21H26N2O2/c24-20(14-8-7-11-18-9-3-1-4-10-18)23-21(22-15-16-25-21)17-19-12-5-2-6-13-19/h1-6,9-10,12-13,22H,7-8,11,14-17H2,(H,23,24)/t21-/m0/s1. The van der Waals surface area contributed by atoms with Crippen molar-refractivity contribution in [3.8, 4) is 0 Å². The van der Waals surface area contributed by atoms with E-state index in [1.165, 1.54) is 5.56 Å². The lowest BCUT2D eigenvalue weighted by atomic mass is 10.1. The van der Waals surface area contributed by atoms with Gasteiger partial charge in [-0.1, -0.05) is 60.7 Å². The van der Waals surface area contributed by atoms with Gasteiger partial charge in [0, 0.05) is 19.4 Å². The predicted octanol–water partition coefficient (Wildman–Crippen LogP) is 3.03. The fourth-order valence-corrected chi connectivity index (χ4v) is 3.20. The van der Waals surface area contributed by atoms with Gasteiger partial charge in [-0.15, -0.1) is 0 Å². The zero-order valence-electron chi connectivity index (χ0n) is 14.5. The largest absolute Gasteiger partial charge is 0.341 e. The van der Waals surface area contributed by atoms with Crippen LogP contribution < -0.4 is 10.6 Å². The Morgan fingerprint density at radius 1 is 1.00 bits per heavy atom. The van der Waals surface area contributed by atoms with Crippen LogP contribution in [0.5, 0.6) is 0 Å². The summed E-state index contributed by atoms with van der Waals surface area (Å²) >= 11 is 0. The van der Waals surface area contributed by atoms with E-state index >= 15 is 0 Å². The number of ether oxygens (including phenoxy) is 1. The summed E-state index contributed by atoms with van der Waals surface area (Å²) in [5.74, 6) is -0.726. The Labute approximate surface area is 149 Å². The van der Waals surface area contributed by atoms with Crippen LogP contribution in [0.15, 0.2) is 60.7 Å². The molecule has 0 radical (unpaired) electrons.